The minimum Gasteiger partial charge on any atom is -0.388 e. The van der Waals surface area contributed by atoms with Gasteiger partial charge in [0.05, 0.1) is 0 Å². The van der Waals surface area contributed by atoms with Crippen molar-refractivity contribution in [3.8, 4) is 0 Å². The van der Waals surface area contributed by atoms with Crippen molar-refractivity contribution in [1.29, 1.82) is 0 Å². The quantitative estimate of drug-likeness (QED) is 0.794. The van der Waals surface area contributed by atoms with Gasteiger partial charge in [-0.05, 0) is 42.5 Å². The highest BCUT2D eigenvalue weighted by Gasteiger charge is 2.16. The number of H-pyrrole nitrogens is 1. The Morgan fingerprint density at radius 3 is 2.93 bits per heavy atom. The Kier molecular flexibility index (Phi) is 3.82. The van der Waals surface area contributed by atoms with Crippen LogP contribution in [0.3, 0.4) is 0 Å². The van der Waals surface area contributed by atoms with E-state index in [0.29, 0.717) is 16.5 Å². The van der Waals surface area contributed by atoms with E-state index in [1.54, 1.807) is 0 Å². The van der Waals surface area contributed by atoms with Gasteiger partial charge >= 0.3 is 0 Å². The van der Waals surface area contributed by atoms with Gasteiger partial charge in [-0.3, -0.25) is 5.10 Å². The molecular formula is C9H15N3OS2. The second-order valence-corrected chi connectivity index (χ2v) is 5.38. The van der Waals surface area contributed by atoms with E-state index in [-0.39, 0.29) is 6.61 Å². The number of aliphatic hydroxyl groups is 1. The van der Waals surface area contributed by atoms with Crippen molar-refractivity contribution in [2.24, 2.45) is 5.92 Å². The molecule has 0 unspecified atom stereocenters. The number of aliphatic hydroxyl groups excluding tert-OH is 1. The maximum atomic E-state index is 9.11. The van der Waals surface area contributed by atoms with Gasteiger partial charge in [0.2, 0.25) is 0 Å². The fourth-order valence-corrected chi connectivity index (χ4v) is 3.28. The summed E-state index contributed by atoms with van der Waals surface area (Å²) in [7, 11) is 0. The second-order valence-electron chi connectivity index (χ2n) is 3.77. The molecule has 6 heteroatoms. The number of aromatic amines is 1. The van der Waals surface area contributed by atoms with Gasteiger partial charge < -0.3 is 9.67 Å². The lowest BCUT2D eigenvalue weighted by Crippen LogP contribution is -2.18. The second kappa shape index (κ2) is 5.14. The van der Waals surface area contributed by atoms with E-state index < -0.39 is 0 Å². The monoisotopic (exact) mass is 245 g/mol. The average Bonchev–Trinajstić information content (AvgIpc) is 2.62. The van der Waals surface area contributed by atoms with Crippen molar-refractivity contribution in [2.45, 2.75) is 26.0 Å². The first-order valence-electron chi connectivity index (χ1n) is 5.14. The van der Waals surface area contributed by atoms with Gasteiger partial charge in [-0.25, -0.2) is 0 Å². The highest BCUT2D eigenvalue weighted by atomic mass is 32.2. The summed E-state index contributed by atoms with van der Waals surface area (Å²) >= 11 is 7.15. The molecule has 2 heterocycles. The first-order chi connectivity index (χ1) is 7.31. The van der Waals surface area contributed by atoms with Crippen LogP contribution in [-0.2, 0) is 13.2 Å². The lowest BCUT2D eigenvalue weighted by molar-refractivity contribution is 0.259. The molecule has 1 fully saturated rings. The van der Waals surface area contributed by atoms with Crippen LogP contribution in [-0.4, -0.2) is 31.4 Å². The third-order valence-corrected chi connectivity index (χ3v) is 4.12. The summed E-state index contributed by atoms with van der Waals surface area (Å²) in [5, 5.41) is 15.8. The summed E-state index contributed by atoms with van der Waals surface area (Å²) in [5.74, 6) is 3.81. The molecule has 0 bridgehead atoms. The molecule has 4 nitrogen and oxygen atoms in total. The predicted molar refractivity (Wildman–Crippen MR) is 63.4 cm³/mol. The van der Waals surface area contributed by atoms with Crippen LogP contribution in [0.2, 0.25) is 0 Å². The zero-order valence-electron chi connectivity index (χ0n) is 8.48. The van der Waals surface area contributed by atoms with Gasteiger partial charge in [-0.2, -0.15) is 16.9 Å². The molecule has 2 rings (SSSR count). The zero-order valence-corrected chi connectivity index (χ0v) is 10.1. The maximum Gasteiger partial charge on any atom is 0.195 e. The Bertz CT molecular complexity index is 368. The number of hydrogen-bond acceptors (Lipinski definition) is 4. The van der Waals surface area contributed by atoms with E-state index >= 15 is 0 Å². The molecule has 1 aliphatic rings. The van der Waals surface area contributed by atoms with Gasteiger partial charge in [-0.1, -0.05) is 0 Å². The van der Waals surface area contributed by atoms with Crippen LogP contribution in [0.15, 0.2) is 0 Å². The summed E-state index contributed by atoms with van der Waals surface area (Å²) in [6.07, 6.45) is 2.48. The van der Waals surface area contributed by atoms with Crippen LogP contribution in [0.5, 0.6) is 0 Å². The van der Waals surface area contributed by atoms with Gasteiger partial charge in [0.25, 0.3) is 0 Å². The summed E-state index contributed by atoms with van der Waals surface area (Å²) in [6, 6.07) is 0. The summed E-state index contributed by atoms with van der Waals surface area (Å²) in [6.45, 7) is 0.848. The normalized spacial score (nSPS) is 18.2. The van der Waals surface area contributed by atoms with Gasteiger partial charge in [-0.15, -0.1) is 0 Å². The molecule has 0 aliphatic carbocycles. The van der Waals surface area contributed by atoms with E-state index in [4.69, 9.17) is 17.3 Å². The molecule has 84 valence electrons. The number of hydrogen-bond donors (Lipinski definition) is 2. The van der Waals surface area contributed by atoms with Crippen molar-refractivity contribution in [3.63, 3.8) is 0 Å². The Hall–Kier alpha value is -0.330. The zero-order chi connectivity index (χ0) is 10.7. The van der Waals surface area contributed by atoms with Gasteiger partial charge in [0.15, 0.2) is 10.6 Å². The Morgan fingerprint density at radius 2 is 2.27 bits per heavy atom. The van der Waals surface area contributed by atoms with Crippen LogP contribution in [0.1, 0.15) is 18.7 Å². The Labute approximate surface area is 98.1 Å². The van der Waals surface area contributed by atoms with Crippen LogP contribution in [0, 0.1) is 10.7 Å². The van der Waals surface area contributed by atoms with Gasteiger partial charge in [0.1, 0.15) is 6.61 Å². The first kappa shape index (κ1) is 11.2. The predicted octanol–water partition coefficient (Wildman–Crippen LogP) is 1.58. The third-order valence-electron chi connectivity index (χ3n) is 2.76. The number of nitrogens with one attached hydrogen (secondary N) is 1. The van der Waals surface area contributed by atoms with Crippen LogP contribution >= 0.6 is 24.0 Å². The highest BCUT2D eigenvalue weighted by Crippen LogP contribution is 2.24. The molecule has 0 radical (unpaired) electrons. The van der Waals surface area contributed by atoms with Crippen molar-refractivity contribution < 1.29 is 5.11 Å². The molecule has 0 atom stereocenters. The first-order valence-corrected chi connectivity index (χ1v) is 6.70. The van der Waals surface area contributed by atoms with Crippen LogP contribution in [0.25, 0.3) is 0 Å². The number of thioether (sulfide) groups is 1. The van der Waals surface area contributed by atoms with Crippen molar-refractivity contribution >= 4 is 24.0 Å². The molecule has 2 N–H and O–H groups in total. The highest BCUT2D eigenvalue weighted by molar-refractivity contribution is 7.99. The summed E-state index contributed by atoms with van der Waals surface area (Å²) in [5.41, 5.74) is 0. The fraction of sp³-hybridized carbons (Fsp3) is 0.778. The number of rotatable bonds is 3. The Morgan fingerprint density at radius 1 is 1.53 bits per heavy atom. The molecule has 0 spiro atoms. The summed E-state index contributed by atoms with van der Waals surface area (Å²) < 4.78 is 2.55. The maximum absolute atomic E-state index is 9.11. The molecule has 0 saturated carbocycles. The van der Waals surface area contributed by atoms with Crippen molar-refractivity contribution in [3.05, 3.63) is 10.6 Å². The average molecular weight is 245 g/mol. The third kappa shape index (κ3) is 2.62. The molecule has 0 amide bonds. The molecule has 1 aromatic heterocycles. The number of nitrogens with zero attached hydrogens (tertiary/aromatic N) is 2. The standard InChI is InChI=1S/C9H15N3OS2/c13-6-8-10-11-9(14)12(8)5-7-1-3-15-4-2-7/h7,13H,1-6H2,(H,11,14). The van der Waals surface area contributed by atoms with Crippen LogP contribution in [0.4, 0.5) is 0 Å². The summed E-state index contributed by atoms with van der Waals surface area (Å²) in [4.78, 5) is 0. The fourth-order valence-electron chi connectivity index (χ4n) is 1.85. The van der Waals surface area contributed by atoms with E-state index in [9.17, 15) is 0 Å². The Balaban J connectivity index is 2.08. The van der Waals surface area contributed by atoms with Gasteiger partial charge in [0, 0.05) is 6.54 Å². The van der Waals surface area contributed by atoms with Crippen molar-refractivity contribution in [1.82, 2.24) is 14.8 Å². The SMILES string of the molecule is OCc1n[nH]c(=S)n1CC1CCSCC1. The largest absolute Gasteiger partial charge is 0.388 e. The van der Waals surface area contributed by atoms with E-state index in [2.05, 4.69) is 10.2 Å². The molecule has 1 saturated heterocycles. The van der Waals surface area contributed by atoms with Crippen LogP contribution < -0.4 is 0 Å². The lowest BCUT2D eigenvalue weighted by atomic mass is 10.0. The van der Waals surface area contributed by atoms with E-state index in [1.165, 1.54) is 24.3 Å². The lowest BCUT2D eigenvalue weighted by Gasteiger charge is -2.21. The molecule has 0 aromatic carbocycles. The van der Waals surface area contributed by atoms with E-state index in [0.717, 1.165) is 6.54 Å². The molecule has 1 aliphatic heterocycles. The molecule has 15 heavy (non-hydrogen) atoms. The topological polar surface area (TPSA) is 53.8 Å². The molecule has 1 aromatic rings. The molecular weight excluding hydrogens is 230 g/mol. The minimum absolute atomic E-state index is 0.0470. The minimum atomic E-state index is -0.0470. The van der Waals surface area contributed by atoms with Crippen molar-refractivity contribution in [2.75, 3.05) is 11.5 Å². The smallest absolute Gasteiger partial charge is 0.195 e. The number of aromatic nitrogens is 3. The van der Waals surface area contributed by atoms with E-state index in [1.807, 2.05) is 16.3 Å².